The van der Waals surface area contributed by atoms with E-state index in [4.69, 9.17) is 0 Å². The van der Waals surface area contributed by atoms with Crippen LogP contribution in [0.3, 0.4) is 0 Å². The summed E-state index contributed by atoms with van der Waals surface area (Å²) in [5.74, 6) is 0. The van der Waals surface area contributed by atoms with Crippen LogP contribution in [0.1, 0.15) is 41.6 Å². The fourth-order valence-corrected chi connectivity index (χ4v) is 5.56. The molecule has 0 aliphatic carbocycles. The van der Waals surface area contributed by atoms with Gasteiger partial charge in [0.1, 0.15) is 0 Å². The number of alkyl halides is 4. The van der Waals surface area contributed by atoms with Crippen molar-refractivity contribution in [1.82, 2.24) is 0 Å². The summed E-state index contributed by atoms with van der Waals surface area (Å²) in [6.07, 6.45) is 0. The van der Waals surface area contributed by atoms with Crippen LogP contribution in [0.25, 0.3) is 0 Å². The molecular formula is C22H18Br4. The Hall–Kier alpha value is -0.420. The van der Waals surface area contributed by atoms with Gasteiger partial charge in [-0.2, -0.15) is 0 Å². The van der Waals surface area contributed by atoms with Crippen molar-refractivity contribution in [3.8, 4) is 0 Å². The van der Waals surface area contributed by atoms with Crippen LogP contribution in [-0.2, 0) is 0 Å². The van der Waals surface area contributed by atoms with Gasteiger partial charge in [0.25, 0.3) is 0 Å². The first-order chi connectivity index (χ1) is 12.6. The molecule has 0 aliphatic heterocycles. The van der Waals surface area contributed by atoms with E-state index in [1.165, 1.54) is 22.3 Å². The van der Waals surface area contributed by atoms with Gasteiger partial charge in [-0.15, -0.1) is 0 Å². The van der Waals surface area contributed by atoms with Crippen molar-refractivity contribution in [2.45, 2.75) is 19.3 Å². The second-order valence-electron chi connectivity index (χ2n) is 6.06. The van der Waals surface area contributed by atoms with Gasteiger partial charge in [0, 0.05) is 0 Å². The zero-order valence-electron chi connectivity index (χ0n) is 13.9. The van der Waals surface area contributed by atoms with Crippen LogP contribution < -0.4 is 0 Å². The molecule has 134 valence electrons. The molecule has 0 radical (unpaired) electrons. The van der Waals surface area contributed by atoms with Gasteiger partial charge in [-0.1, -0.05) is 149 Å². The lowest BCUT2D eigenvalue weighted by Crippen LogP contribution is -2.07. The Morgan fingerprint density at radius 1 is 0.385 bits per heavy atom. The lowest BCUT2D eigenvalue weighted by molar-refractivity contribution is 0.873. The Balaban J connectivity index is 1.90. The first-order valence-corrected chi connectivity index (χ1v) is 12.0. The smallest absolute Gasteiger partial charge is 0.0564 e. The molecule has 26 heavy (non-hydrogen) atoms. The van der Waals surface area contributed by atoms with Gasteiger partial charge in [-0.3, -0.25) is 0 Å². The zero-order chi connectivity index (χ0) is 18.5. The van der Waals surface area contributed by atoms with E-state index < -0.39 is 0 Å². The lowest BCUT2D eigenvalue weighted by atomic mass is 9.95. The molecule has 3 aromatic rings. The lowest BCUT2D eigenvalue weighted by Gasteiger charge is -2.25. The zero-order valence-corrected chi connectivity index (χ0v) is 20.2. The predicted molar refractivity (Wildman–Crippen MR) is 126 cm³/mol. The van der Waals surface area contributed by atoms with Gasteiger partial charge in [0.05, 0.1) is 19.3 Å². The fraction of sp³-hybridized carbons (Fsp3) is 0.182. The molecule has 0 heterocycles. The summed E-state index contributed by atoms with van der Waals surface area (Å²) in [6, 6.07) is 29.6. The van der Waals surface area contributed by atoms with Crippen molar-refractivity contribution in [1.29, 1.82) is 0 Å². The maximum absolute atomic E-state index is 3.93. The maximum atomic E-state index is 3.93. The van der Waals surface area contributed by atoms with E-state index in [1.54, 1.807) is 0 Å². The first kappa shape index (κ1) is 20.3. The summed E-state index contributed by atoms with van der Waals surface area (Å²) >= 11 is 15.6. The van der Waals surface area contributed by atoms with E-state index in [9.17, 15) is 0 Å². The van der Waals surface area contributed by atoms with Crippen LogP contribution in [0, 0.1) is 0 Å². The van der Waals surface area contributed by atoms with Crippen molar-refractivity contribution in [3.63, 3.8) is 0 Å². The minimum atomic E-state index is 0.164. The van der Waals surface area contributed by atoms with Gasteiger partial charge in [-0.05, 0) is 22.3 Å². The third-order valence-corrected chi connectivity index (χ3v) is 9.92. The van der Waals surface area contributed by atoms with E-state index in [0.717, 1.165) is 0 Å². The predicted octanol–water partition coefficient (Wildman–Crippen LogP) is 8.83. The minimum absolute atomic E-state index is 0.164. The molecule has 0 nitrogen and oxygen atoms in total. The second-order valence-corrected chi connectivity index (χ2v) is 10.0. The highest BCUT2D eigenvalue weighted by molar-refractivity contribution is 9.12. The molecule has 0 aliphatic rings. The van der Waals surface area contributed by atoms with Crippen LogP contribution in [0.15, 0.2) is 84.9 Å². The second kappa shape index (κ2) is 9.68. The average molecular weight is 602 g/mol. The van der Waals surface area contributed by atoms with Crippen molar-refractivity contribution >= 4 is 63.7 Å². The van der Waals surface area contributed by atoms with Crippen molar-refractivity contribution in [2.24, 2.45) is 0 Å². The molecule has 0 saturated heterocycles. The van der Waals surface area contributed by atoms with Crippen LogP contribution in [0.5, 0.6) is 0 Å². The normalized spacial score (nSPS) is 15.8. The van der Waals surface area contributed by atoms with Crippen molar-refractivity contribution in [2.75, 3.05) is 0 Å². The third-order valence-electron chi connectivity index (χ3n) is 4.34. The van der Waals surface area contributed by atoms with Gasteiger partial charge in [-0.25, -0.2) is 0 Å². The average Bonchev–Trinajstić information content (AvgIpc) is 2.73. The van der Waals surface area contributed by atoms with Gasteiger partial charge >= 0.3 is 0 Å². The van der Waals surface area contributed by atoms with Crippen LogP contribution >= 0.6 is 63.7 Å². The van der Waals surface area contributed by atoms with Gasteiger partial charge in [0.15, 0.2) is 0 Å². The number of hydrogen-bond acceptors (Lipinski definition) is 0. The molecule has 0 aromatic heterocycles. The highest BCUT2D eigenvalue weighted by Gasteiger charge is 2.27. The molecule has 3 aromatic carbocycles. The number of halogens is 4. The fourth-order valence-electron chi connectivity index (χ4n) is 2.94. The molecule has 0 N–H and O–H groups in total. The monoisotopic (exact) mass is 598 g/mol. The summed E-state index contributed by atoms with van der Waals surface area (Å²) in [5, 5.41) is 0. The standard InChI is InChI=1S/C22H18Br4/c23-19(15-9-3-1-4-10-15)21(25)17-13-7-8-14-18(17)22(26)20(24)16-11-5-2-6-12-16/h1-14,19-22H/t19-,20+,21-,22-/m1/s1. The first-order valence-electron chi connectivity index (χ1n) is 8.34. The number of rotatable bonds is 6. The molecule has 0 spiro atoms. The number of benzene rings is 3. The van der Waals surface area contributed by atoms with Crippen LogP contribution in [-0.4, -0.2) is 0 Å². The molecule has 4 atom stereocenters. The SMILES string of the molecule is Br[C@H](c1ccccc1)[C@H](Br)c1ccccc1[C@@H](Br)[C@@H](Br)c1ccccc1. The molecule has 3 rings (SSSR count). The Morgan fingerprint density at radius 2 is 0.692 bits per heavy atom. The molecular weight excluding hydrogens is 584 g/mol. The molecule has 0 amide bonds. The Morgan fingerprint density at radius 3 is 1.04 bits per heavy atom. The minimum Gasteiger partial charge on any atom is -0.0823 e. The summed E-state index contributed by atoms with van der Waals surface area (Å²) in [7, 11) is 0. The Labute approximate surface area is 188 Å². The summed E-state index contributed by atoms with van der Waals surface area (Å²) < 4.78 is 0. The molecule has 0 saturated carbocycles. The molecule has 0 fully saturated rings. The quantitative estimate of drug-likeness (QED) is 0.248. The molecule has 0 bridgehead atoms. The van der Waals surface area contributed by atoms with Crippen molar-refractivity contribution < 1.29 is 0 Å². The largest absolute Gasteiger partial charge is 0.0823 e. The van der Waals surface area contributed by atoms with E-state index in [2.05, 4.69) is 137 Å². The van der Waals surface area contributed by atoms with Crippen LogP contribution in [0.2, 0.25) is 0 Å². The van der Waals surface area contributed by atoms with E-state index in [0.29, 0.717) is 0 Å². The van der Waals surface area contributed by atoms with Gasteiger partial charge < -0.3 is 0 Å². The maximum Gasteiger partial charge on any atom is 0.0564 e. The van der Waals surface area contributed by atoms with Gasteiger partial charge in [0.2, 0.25) is 0 Å². The van der Waals surface area contributed by atoms with E-state index >= 15 is 0 Å². The Kier molecular flexibility index (Phi) is 7.56. The Bertz CT molecular complexity index is 749. The van der Waals surface area contributed by atoms with E-state index in [1.807, 2.05) is 12.1 Å². The third kappa shape index (κ3) is 4.70. The summed E-state index contributed by atoms with van der Waals surface area (Å²) in [6.45, 7) is 0. The highest BCUT2D eigenvalue weighted by atomic mass is 79.9. The van der Waals surface area contributed by atoms with Crippen LogP contribution in [0.4, 0.5) is 0 Å². The van der Waals surface area contributed by atoms with Crippen molar-refractivity contribution in [3.05, 3.63) is 107 Å². The molecule has 4 heteroatoms. The summed E-state index contributed by atoms with van der Waals surface area (Å²) in [4.78, 5) is 0.707. The highest BCUT2D eigenvalue weighted by Crippen LogP contribution is 2.49. The number of hydrogen-bond donors (Lipinski definition) is 0. The topological polar surface area (TPSA) is 0 Å². The summed E-state index contributed by atoms with van der Waals surface area (Å²) in [5.41, 5.74) is 5.07. The van der Waals surface area contributed by atoms with E-state index in [-0.39, 0.29) is 19.3 Å². The molecule has 0 unspecified atom stereocenters.